The first-order valence-corrected chi connectivity index (χ1v) is 8.27. The Morgan fingerprint density at radius 3 is 2.46 bits per heavy atom. The molecule has 0 aliphatic carbocycles. The Kier molecular flexibility index (Phi) is 7.71. The first kappa shape index (κ1) is 20.6. The van der Waals surface area contributed by atoms with Gasteiger partial charge in [0.1, 0.15) is 5.82 Å². The molecule has 2 amide bonds. The number of fused-ring (bicyclic) bond motifs is 1. The summed E-state index contributed by atoms with van der Waals surface area (Å²) < 4.78 is 22.9. The van der Waals surface area contributed by atoms with Crippen LogP contribution >= 0.6 is 0 Å². The van der Waals surface area contributed by atoms with Gasteiger partial charge in [-0.25, -0.2) is 4.39 Å². The number of aromatic nitrogens is 1. The number of hydrogen-bond acceptors (Lipinski definition) is 5. The average Bonchev–Trinajstić information content (AvgIpc) is 2.73. The van der Waals surface area contributed by atoms with Crippen molar-refractivity contribution in [1.29, 1.82) is 0 Å². The largest absolute Gasteiger partial charge is 0.492 e. The van der Waals surface area contributed by atoms with Gasteiger partial charge >= 0.3 is 0 Å². The van der Waals surface area contributed by atoms with Crippen molar-refractivity contribution in [3.63, 3.8) is 0 Å². The molecule has 8 heteroatoms. The number of hydrogen-bond donors (Lipinski definition) is 2. The summed E-state index contributed by atoms with van der Waals surface area (Å²) in [5.41, 5.74) is 5.76. The summed E-state index contributed by atoms with van der Waals surface area (Å²) in [5, 5.41) is 0.967. The normalized spacial score (nSPS) is 9.68. The molecular formula is C20H20FN3O4. The van der Waals surface area contributed by atoms with Crippen LogP contribution in [0.3, 0.4) is 0 Å². The van der Waals surface area contributed by atoms with Gasteiger partial charge in [0.25, 0.3) is 0 Å². The van der Waals surface area contributed by atoms with E-state index in [-0.39, 0.29) is 18.1 Å². The van der Waals surface area contributed by atoms with Gasteiger partial charge in [-0.1, -0.05) is 24.3 Å². The first-order chi connectivity index (χ1) is 13.6. The molecule has 0 unspecified atom stereocenters. The van der Waals surface area contributed by atoms with E-state index < -0.39 is 0 Å². The van der Waals surface area contributed by atoms with Crippen molar-refractivity contribution < 1.29 is 23.5 Å². The Morgan fingerprint density at radius 1 is 1.11 bits per heavy atom. The molecule has 146 valence electrons. The number of para-hydroxylation sites is 1. The van der Waals surface area contributed by atoms with Crippen LogP contribution in [0, 0.1) is 5.82 Å². The number of nitrogens with zero attached hydrogens (tertiary/aromatic N) is 1. The highest BCUT2D eigenvalue weighted by Crippen LogP contribution is 2.33. The molecule has 2 aromatic carbocycles. The summed E-state index contributed by atoms with van der Waals surface area (Å²) in [7, 11) is 3.23. The lowest BCUT2D eigenvalue weighted by Gasteiger charge is -2.09. The predicted molar refractivity (Wildman–Crippen MR) is 102 cm³/mol. The number of halogens is 1. The lowest BCUT2D eigenvalue weighted by atomic mass is 10.1. The van der Waals surface area contributed by atoms with Crippen LogP contribution in [0.4, 0.5) is 4.39 Å². The van der Waals surface area contributed by atoms with Crippen LogP contribution in [0.5, 0.6) is 11.5 Å². The molecule has 3 aromatic rings. The second-order valence-corrected chi connectivity index (χ2v) is 5.49. The maximum atomic E-state index is 12.5. The fourth-order valence-corrected chi connectivity index (χ4v) is 2.40. The highest BCUT2D eigenvalue weighted by molar-refractivity contribution is 5.87. The second-order valence-electron chi connectivity index (χ2n) is 5.49. The fourth-order valence-electron chi connectivity index (χ4n) is 2.40. The monoisotopic (exact) mass is 385 g/mol. The van der Waals surface area contributed by atoms with Crippen LogP contribution in [0.1, 0.15) is 5.56 Å². The van der Waals surface area contributed by atoms with Gasteiger partial charge in [0.05, 0.1) is 32.4 Å². The molecule has 0 saturated heterocycles. The Hall–Kier alpha value is -3.68. The smallest absolute Gasteiger partial charge is 0.242 e. The molecule has 0 radical (unpaired) electrons. The number of methoxy groups -OCH3 is 2. The van der Waals surface area contributed by atoms with Gasteiger partial charge in [-0.3, -0.25) is 25.4 Å². The lowest BCUT2D eigenvalue weighted by Crippen LogP contribution is -2.37. The van der Waals surface area contributed by atoms with Gasteiger partial charge in [-0.15, -0.1) is 0 Å². The number of pyridine rings is 1. The minimum atomic E-state index is -0.358. The molecule has 0 aliphatic heterocycles. The highest BCUT2D eigenvalue weighted by Gasteiger charge is 2.08. The third-order valence-corrected chi connectivity index (χ3v) is 3.67. The molecule has 7 nitrogen and oxygen atoms in total. The number of amides is 2. The zero-order valence-electron chi connectivity index (χ0n) is 15.4. The Morgan fingerprint density at radius 2 is 1.82 bits per heavy atom. The van der Waals surface area contributed by atoms with E-state index in [2.05, 4.69) is 10.4 Å². The zero-order valence-corrected chi connectivity index (χ0v) is 15.4. The minimum absolute atomic E-state index is 0.0983. The van der Waals surface area contributed by atoms with Gasteiger partial charge in [-0.2, -0.15) is 0 Å². The number of ether oxygens (including phenoxy) is 2. The second kappa shape index (κ2) is 10.5. The summed E-state index contributed by atoms with van der Waals surface area (Å²) in [6.07, 6.45) is 2.13. The third kappa shape index (κ3) is 5.66. The summed E-state index contributed by atoms with van der Waals surface area (Å²) >= 11 is 0. The minimum Gasteiger partial charge on any atom is -0.492 e. The maximum absolute atomic E-state index is 12.5. The molecule has 0 bridgehead atoms. The molecule has 0 saturated carbocycles. The molecule has 0 spiro atoms. The summed E-state index contributed by atoms with van der Waals surface area (Å²) in [4.78, 5) is 25.1. The first-order valence-electron chi connectivity index (χ1n) is 8.27. The van der Waals surface area contributed by atoms with Gasteiger partial charge in [0.15, 0.2) is 11.5 Å². The van der Waals surface area contributed by atoms with Crippen molar-refractivity contribution in [2.75, 3.05) is 14.2 Å². The topological polar surface area (TPSA) is 89.6 Å². The number of benzene rings is 2. The summed E-state index contributed by atoms with van der Waals surface area (Å²) in [6, 6.07) is 13.4. The van der Waals surface area contributed by atoms with Crippen molar-refractivity contribution in [3.05, 3.63) is 66.1 Å². The van der Waals surface area contributed by atoms with E-state index in [1.807, 2.05) is 29.7 Å². The van der Waals surface area contributed by atoms with E-state index in [0.717, 1.165) is 16.7 Å². The van der Waals surface area contributed by atoms with Crippen molar-refractivity contribution >= 4 is 23.2 Å². The molecular weight excluding hydrogens is 365 g/mol. The standard InChI is InChI=1S/C11H11NO2.C9H9FN2O2/c1-13-10-7-12-9-6-4-3-5-8(9)11(10)14-2;10-8-3-1-7(2-4-8)5-9(14)12-11-6-13/h3-7H,1-2H3;1-4,6H,5H2,(H,11,13)(H,12,14). The van der Waals surface area contributed by atoms with Gasteiger partial charge in [0.2, 0.25) is 12.3 Å². The molecule has 1 aromatic heterocycles. The molecule has 1 heterocycles. The van der Waals surface area contributed by atoms with Crippen LogP contribution in [-0.2, 0) is 16.0 Å². The van der Waals surface area contributed by atoms with E-state index in [4.69, 9.17) is 9.47 Å². The van der Waals surface area contributed by atoms with E-state index in [0.29, 0.717) is 17.7 Å². The van der Waals surface area contributed by atoms with Crippen molar-refractivity contribution in [1.82, 2.24) is 15.8 Å². The number of carbonyl (C=O) groups is 2. The molecule has 28 heavy (non-hydrogen) atoms. The van der Waals surface area contributed by atoms with Crippen molar-refractivity contribution in [2.45, 2.75) is 6.42 Å². The van der Waals surface area contributed by atoms with E-state index in [1.165, 1.54) is 24.3 Å². The Bertz CT molecular complexity index is 932. The summed E-state index contributed by atoms with van der Waals surface area (Å²) in [5.74, 6) is 0.688. The van der Waals surface area contributed by atoms with Crippen LogP contribution in [0.25, 0.3) is 10.9 Å². The molecule has 2 N–H and O–H groups in total. The predicted octanol–water partition coefficient (Wildman–Crippen LogP) is 2.40. The molecule has 0 atom stereocenters. The fraction of sp³-hybridized carbons (Fsp3) is 0.150. The quantitative estimate of drug-likeness (QED) is 0.502. The number of carbonyl (C=O) groups excluding carboxylic acids is 2. The summed E-state index contributed by atoms with van der Waals surface area (Å²) in [6.45, 7) is 0. The molecule has 0 aliphatic rings. The SMILES string of the molecule is COc1cnc2ccccc2c1OC.O=CNNC(=O)Cc1ccc(F)cc1. The van der Waals surface area contributed by atoms with Crippen LogP contribution in [0.2, 0.25) is 0 Å². The average molecular weight is 385 g/mol. The number of hydrazine groups is 1. The van der Waals surface area contributed by atoms with Crippen LogP contribution in [-0.4, -0.2) is 31.5 Å². The third-order valence-electron chi connectivity index (χ3n) is 3.67. The van der Waals surface area contributed by atoms with Crippen molar-refractivity contribution in [2.24, 2.45) is 0 Å². The highest BCUT2D eigenvalue weighted by atomic mass is 19.1. The van der Waals surface area contributed by atoms with E-state index in [9.17, 15) is 14.0 Å². The van der Waals surface area contributed by atoms with E-state index in [1.54, 1.807) is 20.4 Å². The zero-order chi connectivity index (χ0) is 20.4. The molecule has 0 fully saturated rings. The number of nitrogens with one attached hydrogen (secondary N) is 2. The Labute approximate surface area is 161 Å². The van der Waals surface area contributed by atoms with Gasteiger partial charge in [0, 0.05) is 5.39 Å². The van der Waals surface area contributed by atoms with Gasteiger partial charge < -0.3 is 9.47 Å². The maximum Gasteiger partial charge on any atom is 0.242 e. The molecule has 3 rings (SSSR count). The Balaban J connectivity index is 0.000000200. The lowest BCUT2D eigenvalue weighted by molar-refractivity contribution is -0.124. The number of rotatable bonds is 6. The van der Waals surface area contributed by atoms with Crippen LogP contribution < -0.4 is 20.3 Å². The van der Waals surface area contributed by atoms with E-state index >= 15 is 0 Å². The van der Waals surface area contributed by atoms with Crippen molar-refractivity contribution in [3.8, 4) is 11.5 Å². The van der Waals surface area contributed by atoms with Crippen LogP contribution in [0.15, 0.2) is 54.7 Å². The van der Waals surface area contributed by atoms with Gasteiger partial charge in [-0.05, 0) is 29.8 Å².